The third-order valence-corrected chi connectivity index (χ3v) is 6.66. The van der Waals surface area contributed by atoms with E-state index < -0.39 is 0 Å². The van der Waals surface area contributed by atoms with Gasteiger partial charge in [-0.1, -0.05) is 6.92 Å². The third kappa shape index (κ3) is 6.36. The van der Waals surface area contributed by atoms with Crippen LogP contribution in [-0.4, -0.2) is 95.8 Å². The molecule has 0 aliphatic carbocycles. The van der Waals surface area contributed by atoms with Crippen LogP contribution in [-0.2, 0) is 16.0 Å². The molecule has 10 nitrogen and oxygen atoms in total. The fraction of sp³-hybridized carbons (Fsp3) is 0.640. The van der Waals surface area contributed by atoms with Gasteiger partial charge in [-0.25, -0.2) is 15.0 Å². The largest absolute Gasteiger partial charge is 0.465 e. The van der Waals surface area contributed by atoms with Gasteiger partial charge in [-0.2, -0.15) is 4.98 Å². The summed E-state index contributed by atoms with van der Waals surface area (Å²) in [6, 6.07) is 4.48. The zero-order valence-corrected chi connectivity index (χ0v) is 21.4. The fourth-order valence-corrected chi connectivity index (χ4v) is 4.82. The summed E-state index contributed by atoms with van der Waals surface area (Å²) >= 11 is 0. The number of carbonyl (C=O) groups excluding carboxylic acids is 1. The van der Waals surface area contributed by atoms with E-state index in [0.29, 0.717) is 25.3 Å². The molecule has 0 bridgehead atoms. The summed E-state index contributed by atoms with van der Waals surface area (Å²) in [5, 5.41) is 0. The SMILES string of the molecule is CCCC(=O)OCCc1nccc(N2C[C@@H](C)N(c3ccnc(N4CCN(C)CC4)n3)[C@@H](C)C2)n1. The van der Waals surface area contributed by atoms with E-state index in [1.807, 2.05) is 25.3 Å². The van der Waals surface area contributed by atoms with E-state index in [1.54, 1.807) is 6.20 Å². The first kappa shape index (κ1) is 25.1. The van der Waals surface area contributed by atoms with E-state index >= 15 is 0 Å². The lowest BCUT2D eigenvalue weighted by Crippen LogP contribution is -2.57. The van der Waals surface area contributed by atoms with Gasteiger partial charge in [0.2, 0.25) is 5.95 Å². The zero-order chi connectivity index (χ0) is 24.8. The number of rotatable bonds is 8. The highest BCUT2D eigenvalue weighted by Crippen LogP contribution is 2.26. The van der Waals surface area contributed by atoms with Gasteiger partial charge < -0.3 is 24.3 Å². The number of carbonyl (C=O) groups is 1. The van der Waals surface area contributed by atoms with Crippen LogP contribution >= 0.6 is 0 Å². The summed E-state index contributed by atoms with van der Waals surface area (Å²) in [4.78, 5) is 39.6. The molecule has 0 spiro atoms. The van der Waals surface area contributed by atoms with Crippen molar-refractivity contribution in [2.75, 3.05) is 67.6 Å². The molecule has 10 heteroatoms. The van der Waals surface area contributed by atoms with Gasteiger partial charge in [0.15, 0.2) is 0 Å². The molecule has 2 saturated heterocycles. The van der Waals surface area contributed by atoms with E-state index in [9.17, 15) is 4.79 Å². The van der Waals surface area contributed by atoms with Crippen LogP contribution in [0.25, 0.3) is 0 Å². The molecular weight excluding hydrogens is 444 g/mol. The van der Waals surface area contributed by atoms with Crippen molar-refractivity contribution in [2.45, 2.75) is 52.1 Å². The lowest BCUT2D eigenvalue weighted by atomic mass is 10.1. The van der Waals surface area contributed by atoms with Crippen molar-refractivity contribution < 1.29 is 9.53 Å². The smallest absolute Gasteiger partial charge is 0.305 e. The van der Waals surface area contributed by atoms with E-state index in [1.165, 1.54) is 0 Å². The highest BCUT2D eigenvalue weighted by atomic mass is 16.5. The number of likely N-dealkylation sites (N-methyl/N-ethyl adjacent to an activating group) is 1. The Morgan fingerprint density at radius 2 is 1.66 bits per heavy atom. The number of nitrogens with zero attached hydrogens (tertiary/aromatic N) is 8. The van der Waals surface area contributed by atoms with Crippen molar-refractivity contribution in [1.29, 1.82) is 0 Å². The van der Waals surface area contributed by atoms with E-state index in [0.717, 1.165) is 63.3 Å². The van der Waals surface area contributed by atoms with Gasteiger partial charge >= 0.3 is 5.97 Å². The summed E-state index contributed by atoms with van der Waals surface area (Å²) in [5.41, 5.74) is 0. The van der Waals surface area contributed by atoms with Crippen molar-refractivity contribution in [3.05, 3.63) is 30.4 Å². The Hall–Kier alpha value is -3.01. The molecule has 2 atom stereocenters. The van der Waals surface area contributed by atoms with Gasteiger partial charge in [0.05, 0.1) is 6.61 Å². The molecule has 2 aromatic rings. The predicted molar refractivity (Wildman–Crippen MR) is 137 cm³/mol. The van der Waals surface area contributed by atoms with Crippen molar-refractivity contribution in [3.8, 4) is 0 Å². The highest BCUT2D eigenvalue weighted by Gasteiger charge is 2.32. The average Bonchev–Trinajstić information content (AvgIpc) is 2.85. The fourth-order valence-electron chi connectivity index (χ4n) is 4.82. The van der Waals surface area contributed by atoms with Gasteiger partial charge in [-0.3, -0.25) is 4.79 Å². The number of esters is 1. The molecule has 2 aliphatic heterocycles. The van der Waals surface area contributed by atoms with Gasteiger partial charge in [-0.15, -0.1) is 0 Å². The Balaban J connectivity index is 1.39. The minimum absolute atomic E-state index is 0.164. The van der Waals surface area contributed by atoms with Crippen molar-refractivity contribution in [3.63, 3.8) is 0 Å². The summed E-state index contributed by atoms with van der Waals surface area (Å²) in [5.74, 6) is 3.24. The molecular formula is C25H38N8O2. The maximum Gasteiger partial charge on any atom is 0.305 e. The number of hydrogen-bond donors (Lipinski definition) is 0. The monoisotopic (exact) mass is 482 g/mol. The Labute approximate surface area is 208 Å². The lowest BCUT2D eigenvalue weighted by molar-refractivity contribution is -0.143. The maximum atomic E-state index is 11.6. The van der Waals surface area contributed by atoms with Crippen LogP contribution in [0.2, 0.25) is 0 Å². The van der Waals surface area contributed by atoms with Crippen LogP contribution in [0.3, 0.4) is 0 Å². The average molecular weight is 483 g/mol. The van der Waals surface area contributed by atoms with Gasteiger partial charge in [0.1, 0.15) is 17.5 Å². The molecule has 190 valence electrons. The first-order chi connectivity index (χ1) is 16.9. The Bertz CT molecular complexity index is 969. The molecule has 0 radical (unpaired) electrons. The van der Waals surface area contributed by atoms with Crippen LogP contribution in [0.1, 0.15) is 39.4 Å². The maximum absolute atomic E-state index is 11.6. The normalized spacial score (nSPS) is 21.3. The minimum atomic E-state index is -0.164. The molecule has 0 unspecified atom stereocenters. The van der Waals surface area contributed by atoms with Crippen LogP contribution in [0.4, 0.5) is 17.6 Å². The van der Waals surface area contributed by atoms with Crippen LogP contribution in [0.15, 0.2) is 24.5 Å². The number of ether oxygens (including phenoxy) is 1. The van der Waals surface area contributed by atoms with Crippen LogP contribution in [0.5, 0.6) is 0 Å². The van der Waals surface area contributed by atoms with E-state index in [2.05, 4.69) is 50.5 Å². The number of hydrogen-bond acceptors (Lipinski definition) is 10. The molecule has 0 amide bonds. The summed E-state index contributed by atoms with van der Waals surface area (Å²) in [7, 11) is 2.15. The molecule has 4 heterocycles. The minimum Gasteiger partial charge on any atom is -0.465 e. The molecule has 2 aliphatic rings. The topological polar surface area (TPSA) is 90.8 Å². The first-order valence-electron chi connectivity index (χ1n) is 12.7. The van der Waals surface area contributed by atoms with Gasteiger partial charge in [-0.05, 0) is 39.4 Å². The van der Waals surface area contributed by atoms with Gasteiger partial charge in [0, 0.05) is 76.6 Å². The molecule has 35 heavy (non-hydrogen) atoms. The summed E-state index contributed by atoms with van der Waals surface area (Å²) in [6.07, 6.45) is 5.43. The molecule has 2 aromatic heterocycles. The second-order valence-electron chi connectivity index (χ2n) is 9.57. The number of aromatic nitrogens is 4. The summed E-state index contributed by atoms with van der Waals surface area (Å²) < 4.78 is 5.27. The van der Waals surface area contributed by atoms with Crippen LogP contribution < -0.4 is 14.7 Å². The standard InChI is InChI=1S/C25H38N8O2/c1-5-6-24(34)35-16-9-21-26-10-7-22(28-21)32-17-19(2)33(20(3)18-32)23-8-11-27-25(29-23)31-14-12-30(4)13-15-31/h7-8,10-11,19-20H,5-6,9,12-18H2,1-4H3/t19-,20+. The molecule has 0 N–H and O–H groups in total. The second kappa shape index (κ2) is 11.6. The highest BCUT2D eigenvalue weighted by molar-refractivity contribution is 5.69. The Morgan fingerprint density at radius 1 is 0.971 bits per heavy atom. The number of anilines is 3. The predicted octanol–water partition coefficient (Wildman–Crippen LogP) is 2.01. The lowest BCUT2D eigenvalue weighted by Gasteiger charge is -2.45. The Morgan fingerprint density at radius 3 is 2.37 bits per heavy atom. The van der Waals surface area contributed by atoms with E-state index in [-0.39, 0.29) is 18.1 Å². The molecule has 0 aromatic carbocycles. The van der Waals surface area contributed by atoms with Crippen molar-refractivity contribution in [2.24, 2.45) is 0 Å². The zero-order valence-electron chi connectivity index (χ0n) is 21.4. The number of piperazine rings is 2. The quantitative estimate of drug-likeness (QED) is 0.520. The van der Waals surface area contributed by atoms with Crippen molar-refractivity contribution >= 4 is 23.6 Å². The van der Waals surface area contributed by atoms with Gasteiger partial charge in [0.25, 0.3) is 0 Å². The third-order valence-electron chi connectivity index (χ3n) is 6.66. The van der Waals surface area contributed by atoms with E-state index in [4.69, 9.17) is 14.7 Å². The molecule has 4 rings (SSSR count). The first-order valence-corrected chi connectivity index (χ1v) is 12.7. The molecule has 2 fully saturated rings. The van der Waals surface area contributed by atoms with Crippen molar-refractivity contribution in [1.82, 2.24) is 24.8 Å². The molecule has 0 saturated carbocycles. The van der Waals surface area contributed by atoms with Crippen LogP contribution in [0, 0.1) is 0 Å². The summed E-state index contributed by atoms with van der Waals surface area (Å²) in [6.45, 7) is 12.4. The Kier molecular flexibility index (Phi) is 8.33. The second-order valence-corrected chi connectivity index (χ2v) is 9.57.